The molecule has 0 amide bonds. The first kappa shape index (κ1) is 18.9. The number of hydrogen-bond acceptors (Lipinski definition) is 6. The Morgan fingerprint density at radius 3 is 2.68 bits per heavy atom. The molecule has 0 radical (unpaired) electrons. The summed E-state index contributed by atoms with van der Waals surface area (Å²) in [5, 5.41) is 4.50. The molecule has 3 aromatic rings. The van der Waals surface area contributed by atoms with Gasteiger partial charge < -0.3 is 10.3 Å². The maximum atomic E-state index is 12.5. The predicted octanol–water partition coefficient (Wildman–Crippen LogP) is 3.18. The van der Waals surface area contributed by atoms with E-state index in [9.17, 15) is 13.2 Å². The first-order chi connectivity index (χ1) is 13.2. The fourth-order valence-corrected chi connectivity index (χ4v) is 4.92. The Kier molecular flexibility index (Phi) is 4.43. The lowest BCUT2D eigenvalue weighted by atomic mass is 10.1. The summed E-state index contributed by atoms with van der Waals surface area (Å²) in [5.41, 5.74) is 1.47. The molecule has 9 heteroatoms. The molecule has 0 spiro atoms. The van der Waals surface area contributed by atoms with Crippen molar-refractivity contribution in [2.24, 2.45) is 0 Å². The molecule has 0 unspecified atom stereocenters. The minimum Gasteiger partial charge on any atom is -0.347 e. The number of benzene rings is 1. The standard InChI is InChI=1S/C19H19ClN4O3S/c1-11(14-10-12-9-13(20)3-4-15(12)23-17(14)25)22-18-21-8-5-16(24-18)19(6-7-19)28(2,26)27/h3-5,8-11H,6-7H2,1-2H3,(H,23,25)(H,21,22,24)/t11-/m0/s1. The molecule has 1 aliphatic rings. The molecule has 1 aliphatic carbocycles. The van der Waals surface area contributed by atoms with E-state index in [-0.39, 0.29) is 11.5 Å². The number of sulfone groups is 1. The molecule has 2 heterocycles. The maximum absolute atomic E-state index is 12.5. The quantitative estimate of drug-likeness (QED) is 0.659. The van der Waals surface area contributed by atoms with Crippen LogP contribution in [-0.4, -0.2) is 29.6 Å². The molecule has 0 aliphatic heterocycles. The van der Waals surface area contributed by atoms with Gasteiger partial charge in [0.15, 0.2) is 9.84 Å². The first-order valence-electron chi connectivity index (χ1n) is 8.82. The number of aromatic amines is 1. The molecular formula is C19H19ClN4O3S. The fraction of sp³-hybridized carbons (Fsp3) is 0.316. The molecule has 0 saturated heterocycles. The SMILES string of the molecule is C[C@H](Nc1nccc(C2(S(C)(=O)=O)CC2)n1)c1cc2cc(Cl)ccc2[nH]c1=O. The minimum absolute atomic E-state index is 0.222. The normalized spacial score (nSPS) is 16.7. The Labute approximate surface area is 167 Å². The van der Waals surface area contributed by atoms with Gasteiger partial charge in [-0.15, -0.1) is 0 Å². The van der Waals surface area contributed by atoms with Gasteiger partial charge in [-0.05, 0) is 50.1 Å². The second-order valence-corrected chi connectivity index (χ2v) is 9.95. The van der Waals surface area contributed by atoms with Gasteiger partial charge in [-0.1, -0.05) is 11.6 Å². The Morgan fingerprint density at radius 1 is 1.25 bits per heavy atom. The number of rotatable bonds is 5. The molecular weight excluding hydrogens is 400 g/mol. The Bertz CT molecular complexity index is 1240. The smallest absolute Gasteiger partial charge is 0.253 e. The molecule has 0 bridgehead atoms. The molecule has 2 N–H and O–H groups in total. The van der Waals surface area contributed by atoms with E-state index < -0.39 is 20.6 Å². The van der Waals surface area contributed by atoms with E-state index in [1.54, 1.807) is 30.3 Å². The van der Waals surface area contributed by atoms with Gasteiger partial charge in [0.05, 0.1) is 11.7 Å². The highest BCUT2D eigenvalue weighted by atomic mass is 35.5. The summed E-state index contributed by atoms with van der Waals surface area (Å²) < 4.78 is 23.4. The van der Waals surface area contributed by atoms with Crippen molar-refractivity contribution in [1.82, 2.24) is 15.0 Å². The highest BCUT2D eigenvalue weighted by molar-refractivity contribution is 7.91. The van der Waals surface area contributed by atoms with Crippen LogP contribution in [0, 0.1) is 0 Å². The zero-order valence-electron chi connectivity index (χ0n) is 15.4. The average molecular weight is 419 g/mol. The summed E-state index contributed by atoms with van der Waals surface area (Å²) >= 11 is 6.05. The van der Waals surface area contributed by atoms with E-state index in [1.165, 1.54) is 12.5 Å². The number of pyridine rings is 1. The van der Waals surface area contributed by atoms with Crippen molar-refractivity contribution >= 4 is 38.3 Å². The third-order valence-corrected chi connectivity index (χ3v) is 7.46. The number of H-pyrrole nitrogens is 1. The summed E-state index contributed by atoms with van der Waals surface area (Å²) in [6.07, 6.45) is 3.89. The zero-order chi connectivity index (χ0) is 20.1. The van der Waals surface area contributed by atoms with Crippen molar-refractivity contribution in [3.05, 3.63) is 63.2 Å². The van der Waals surface area contributed by atoms with Crippen molar-refractivity contribution in [3.8, 4) is 0 Å². The van der Waals surface area contributed by atoms with Crippen LogP contribution in [0.5, 0.6) is 0 Å². The number of nitrogens with one attached hydrogen (secondary N) is 2. The Balaban J connectivity index is 1.65. The van der Waals surface area contributed by atoms with E-state index >= 15 is 0 Å². The van der Waals surface area contributed by atoms with Gasteiger partial charge in [0, 0.05) is 33.9 Å². The molecule has 1 atom stereocenters. The van der Waals surface area contributed by atoms with Crippen LogP contribution in [0.3, 0.4) is 0 Å². The number of anilines is 1. The van der Waals surface area contributed by atoms with Gasteiger partial charge in [-0.3, -0.25) is 4.79 Å². The van der Waals surface area contributed by atoms with Crippen molar-refractivity contribution in [3.63, 3.8) is 0 Å². The van der Waals surface area contributed by atoms with Gasteiger partial charge in [0.1, 0.15) is 4.75 Å². The summed E-state index contributed by atoms with van der Waals surface area (Å²) in [5.74, 6) is 0.283. The monoisotopic (exact) mass is 418 g/mol. The second kappa shape index (κ2) is 6.56. The molecule has 7 nitrogen and oxygen atoms in total. The summed E-state index contributed by atoms with van der Waals surface area (Å²) in [7, 11) is -3.26. The lowest BCUT2D eigenvalue weighted by Crippen LogP contribution is -2.23. The molecule has 28 heavy (non-hydrogen) atoms. The van der Waals surface area contributed by atoms with E-state index in [2.05, 4.69) is 20.3 Å². The number of hydrogen-bond donors (Lipinski definition) is 2. The topological polar surface area (TPSA) is 105 Å². The molecule has 1 aromatic carbocycles. The van der Waals surface area contributed by atoms with Crippen LogP contribution >= 0.6 is 11.6 Å². The van der Waals surface area contributed by atoms with Crippen molar-refractivity contribution in [2.45, 2.75) is 30.6 Å². The molecule has 2 aromatic heterocycles. The minimum atomic E-state index is -3.26. The van der Waals surface area contributed by atoms with Crippen LogP contribution in [0.15, 0.2) is 41.3 Å². The molecule has 1 saturated carbocycles. The molecule has 1 fully saturated rings. The lowest BCUT2D eigenvalue weighted by molar-refractivity contribution is 0.584. The van der Waals surface area contributed by atoms with E-state index in [0.717, 1.165) is 5.39 Å². The third kappa shape index (κ3) is 3.27. The van der Waals surface area contributed by atoms with Crippen LogP contribution < -0.4 is 10.9 Å². The van der Waals surface area contributed by atoms with Crippen LogP contribution in [0.25, 0.3) is 10.9 Å². The van der Waals surface area contributed by atoms with E-state index in [4.69, 9.17) is 11.6 Å². The van der Waals surface area contributed by atoms with Gasteiger partial charge in [0.2, 0.25) is 5.95 Å². The average Bonchev–Trinajstić information content (AvgIpc) is 3.43. The fourth-order valence-electron chi connectivity index (χ4n) is 3.40. The van der Waals surface area contributed by atoms with E-state index in [0.29, 0.717) is 34.6 Å². The second-order valence-electron chi connectivity index (χ2n) is 7.18. The number of aromatic nitrogens is 3. The highest BCUT2D eigenvalue weighted by Gasteiger charge is 2.55. The largest absolute Gasteiger partial charge is 0.347 e. The van der Waals surface area contributed by atoms with Crippen molar-refractivity contribution in [2.75, 3.05) is 11.6 Å². The lowest BCUT2D eigenvalue weighted by Gasteiger charge is -2.17. The summed E-state index contributed by atoms with van der Waals surface area (Å²) in [6.45, 7) is 1.82. The van der Waals surface area contributed by atoms with Crippen LogP contribution in [0.1, 0.15) is 37.1 Å². The van der Waals surface area contributed by atoms with Gasteiger partial charge in [-0.25, -0.2) is 18.4 Å². The van der Waals surface area contributed by atoms with E-state index in [1.807, 2.05) is 6.92 Å². The van der Waals surface area contributed by atoms with Crippen LogP contribution in [0.4, 0.5) is 5.95 Å². The molecule has 4 rings (SSSR count). The van der Waals surface area contributed by atoms with Crippen molar-refractivity contribution in [1.29, 1.82) is 0 Å². The van der Waals surface area contributed by atoms with Gasteiger partial charge in [0.25, 0.3) is 5.56 Å². The molecule has 146 valence electrons. The van der Waals surface area contributed by atoms with Crippen molar-refractivity contribution < 1.29 is 8.42 Å². The Hall–Kier alpha value is -2.45. The Morgan fingerprint density at radius 2 is 2.00 bits per heavy atom. The van der Waals surface area contributed by atoms with Crippen LogP contribution in [0.2, 0.25) is 5.02 Å². The number of nitrogens with zero attached hydrogens (tertiary/aromatic N) is 2. The van der Waals surface area contributed by atoms with Gasteiger partial charge >= 0.3 is 0 Å². The maximum Gasteiger partial charge on any atom is 0.253 e. The zero-order valence-corrected chi connectivity index (χ0v) is 16.9. The summed E-state index contributed by atoms with van der Waals surface area (Å²) in [4.78, 5) is 23.9. The number of fused-ring (bicyclic) bond motifs is 1. The third-order valence-electron chi connectivity index (χ3n) is 5.18. The number of halogens is 1. The van der Waals surface area contributed by atoms with Crippen LogP contribution in [-0.2, 0) is 14.6 Å². The van der Waals surface area contributed by atoms with Gasteiger partial charge in [-0.2, -0.15) is 0 Å². The summed E-state index contributed by atoms with van der Waals surface area (Å²) in [6, 6.07) is 8.28. The first-order valence-corrected chi connectivity index (χ1v) is 11.1. The predicted molar refractivity (Wildman–Crippen MR) is 109 cm³/mol. The highest BCUT2D eigenvalue weighted by Crippen LogP contribution is 2.51.